The van der Waals surface area contributed by atoms with E-state index in [-0.39, 0.29) is 0 Å². The van der Waals surface area contributed by atoms with Gasteiger partial charge >= 0.3 is 0 Å². The van der Waals surface area contributed by atoms with Crippen molar-refractivity contribution < 1.29 is 0 Å². The Kier molecular flexibility index (Phi) is 2.32. The molecule has 1 atom stereocenters. The van der Waals surface area contributed by atoms with Crippen LogP contribution in [-0.4, -0.2) is 13.1 Å². The maximum atomic E-state index is 3.44. The summed E-state index contributed by atoms with van der Waals surface area (Å²) in [5.74, 6) is 0.822. The first-order valence-corrected chi connectivity index (χ1v) is 6.46. The van der Waals surface area contributed by atoms with Gasteiger partial charge in [0, 0.05) is 13.1 Å². The van der Waals surface area contributed by atoms with E-state index in [1.807, 2.05) is 0 Å². The molecule has 1 aromatic rings. The molecule has 0 aromatic heterocycles. The van der Waals surface area contributed by atoms with Crippen LogP contribution in [-0.2, 0) is 0 Å². The van der Waals surface area contributed by atoms with Gasteiger partial charge in [0.1, 0.15) is 0 Å². The Morgan fingerprint density at radius 2 is 2.06 bits per heavy atom. The summed E-state index contributed by atoms with van der Waals surface area (Å²) in [6.07, 6.45) is 4.23. The van der Waals surface area contributed by atoms with Gasteiger partial charge in [-0.15, -0.1) is 0 Å². The van der Waals surface area contributed by atoms with Crippen molar-refractivity contribution in [1.29, 1.82) is 0 Å². The van der Waals surface area contributed by atoms with Gasteiger partial charge in [-0.05, 0) is 55.6 Å². The van der Waals surface area contributed by atoms with Gasteiger partial charge in [0.2, 0.25) is 0 Å². The first kappa shape index (κ1) is 10.3. The Labute approximate surface area is 98.3 Å². The molecule has 2 fully saturated rings. The van der Waals surface area contributed by atoms with E-state index in [0.29, 0.717) is 5.41 Å². The molecule has 1 aliphatic carbocycles. The van der Waals surface area contributed by atoms with E-state index in [1.165, 1.54) is 43.5 Å². The largest absolute Gasteiger partial charge is 0.316 e. The molecule has 0 bridgehead atoms. The maximum absolute atomic E-state index is 3.44. The molecule has 1 nitrogen and oxygen atoms in total. The van der Waals surface area contributed by atoms with Crippen LogP contribution in [0.2, 0.25) is 0 Å². The molecule has 2 aliphatic rings. The van der Waals surface area contributed by atoms with Crippen molar-refractivity contribution in [2.75, 3.05) is 13.1 Å². The second-order valence-corrected chi connectivity index (χ2v) is 5.90. The summed E-state index contributed by atoms with van der Waals surface area (Å²) in [7, 11) is 0. The van der Waals surface area contributed by atoms with Gasteiger partial charge < -0.3 is 5.32 Å². The molecule has 1 saturated carbocycles. The molecule has 0 amide bonds. The molecule has 3 rings (SSSR count). The molecule has 1 aromatic carbocycles. The van der Waals surface area contributed by atoms with E-state index in [2.05, 4.69) is 37.4 Å². The van der Waals surface area contributed by atoms with Gasteiger partial charge in [0.25, 0.3) is 0 Å². The second kappa shape index (κ2) is 3.59. The van der Waals surface area contributed by atoms with E-state index < -0.39 is 0 Å². The predicted molar refractivity (Wildman–Crippen MR) is 67.8 cm³/mol. The standard InChI is InChI=1S/C15H21N/c1-11-3-4-14(12(2)7-11)13-5-6-15(8-13)9-16-10-15/h3-4,7,13,16H,5-6,8-10H2,1-2H3. The van der Waals surface area contributed by atoms with Crippen LogP contribution in [0.3, 0.4) is 0 Å². The normalized spacial score (nSPS) is 27.0. The van der Waals surface area contributed by atoms with Crippen LogP contribution in [0.15, 0.2) is 18.2 Å². The highest BCUT2D eigenvalue weighted by Crippen LogP contribution is 2.49. The van der Waals surface area contributed by atoms with E-state index in [0.717, 1.165) is 5.92 Å². The van der Waals surface area contributed by atoms with Crippen molar-refractivity contribution in [3.05, 3.63) is 34.9 Å². The molecule has 1 saturated heterocycles. The van der Waals surface area contributed by atoms with Crippen LogP contribution < -0.4 is 5.32 Å². The Hall–Kier alpha value is -0.820. The lowest BCUT2D eigenvalue weighted by atomic mass is 9.78. The van der Waals surface area contributed by atoms with Crippen molar-refractivity contribution in [3.63, 3.8) is 0 Å². The van der Waals surface area contributed by atoms with Gasteiger partial charge in [0.15, 0.2) is 0 Å². The Bertz CT molecular complexity index is 404. The Balaban J connectivity index is 1.83. The van der Waals surface area contributed by atoms with Crippen molar-refractivity contribution >= 4 is 0 Å². The van der Waals surface area contributed by atoms with Gasteiger partial charge in [-0.2, -0.15) is 0 Å². The van der Waals surface area contributed by atoms with Gasteiger partial charge in [-0.1, -0.05) is 23.8 Å². The summed E-state index contributed by atoms with van der Waals surface area (Å²) in [6.45, 7) is 6.97. The van der Waals surface area contributed by atoms with Crippen LogP contribution >= 0.6 is 0 Å². The lowest BCUT2D eigenvalue weighted by Gasteiger charge is -2.39. The van der Waals surface area contributed by atoms with E-state index in [9.17, 15) is 0 Å². The van der Waals surface area contributed by atoms with Crippen molar-refractivity contribution in [1.82, 2.24) is 5.32 Å². The van der Waals surface area contributed by atoms with Crippen LogP contribution in [0.1, 0.15) is 41.9 Å². The molecule has 1 heterocycles. The minimum absolute atomic E-state index is 0.669. The van der Waals surface area contributed by atoms with Crippen molar-refractivity contribution in [3.8, 4) is 0 Å². The molecule has 1 N–H and O–H groups in total. The SMILES string of the molecule is Cc1ccc(C2CCC3(CNC3)C2)c(C)c1. The number of benzene rings is 1. The van der Waals surface area contributed by atoms with Crippen LogP contribution in [0, 0.1) is 19.3 Å². The van der Waals surface area contributed by atoms with Gasteiger partial charge in [0.05, 0.1) is 0 Å². The summed E-state index contributed by atoms with van der Waals surface area (Å²) in [6, 6.07) is 6.96. The zero-order chi connectivity index (χ0) is 11.2. The molecule has 86 valence electrons. The zero-order valence-electron chi connectivity index (χ0n) is 10.3. The van der Waals surface area contributed by atoms with E-state index in [4.69, 9.17) is 0 Å². The molecule has 1 aliphatic heterocycles. The Morgan fingerprint density at radius 3 is 2.62 bits per heavy atom. The molecular formula is C15H21N. The molecule has 1 heteroatoms. The fourth-order valence-corrected chi connectivity index (χ4v) is 3.56. The summed E-state index contributed by atoms with van der Waals surface area (Å²) in [5, 5.41) is 3.44. The van der Waals surface area contributed by atoms with Crippen molar-refractivity contribution in [2.24, 2.45) is 5.41 Å². The molecule has 16 heavy (non-hydrogen) atoms. The Morgan fingerprint density at radius 1 is 1.25 bits per heavy atom. The van der Waals surface area contributed by atoms with E-state index in [1.54, 1.807) is 5.56 Å². The minimum atomic E-state index is 0.669. The third kappa shape index (κ3) is 1.58. The summed E-state index contributed by atoms with van der Waals surface area (Å²) < 4.78 is 0. The number of nitrogens with one attached hydrogen (secondary N) is 1. The fourth-order valence-electron chi connectivity index (χ4n) is 3.56. The topological polar surface area (TPSA) is 12.0 Å². The van der Waals surface area contributed by atoms with E-state index >= 15 is 0 Å². The number of rotatable bonds is 1. The highest BCUT2D eigenvalue weighted by Gasteiger charge is 2.43. The van der Waals surface area contributed by atoms with Crippen LogP contribution in [0.25, 0.3) is 0 Å². The summed E-state index contributed by atoms with van der Waals surface area (Å²) >= 11 is 0. The quantitative estimate of drug-likeness (QED) is 0.759. The van der Waals surface area contributed by atoms with Crippen LogP contribution in [0.5, 0.6) is 0 Å². The molecule has 0 radical (unpaired) electrons. The summed E-state index contributed by atoms with van der Waals surface area (Å²) in [4.78, 5) is 0. The highest BCUT2D eigenvalue weighted by molar-refractivity contribution is 5.34. The van der Waals surface area contributed by atoms with Crippen LogP contribution in [0.4, 0.5) is 0 Å². The fraction of sp³-hybridized carbons (Fsp3) is 0.600. The average molecular weight is 215 g/mol. The first-order valence-electron chi connectivity index (χ1n) is 6.46. The third-order valence-electron chi connectivity index (χ3n) is 4.57. The van der Waals surface area contributed by atoms with Gasteiger partial charge in [-0.3, -0.25) is 0 Å². The minimum Gasteiger partial charge on any atom is -0.316 e. The molecule has 1 unspecified atom stereocenters. The average Bonchev–Trinajstić information content (AvgIpc) is 2.62. The number of hydrogen-bond acceptors (Lipinski definition) is 1. The maximum Gasteiger partial charge on any atom is 0.00204 e. The summed E-state index contributed by atoms with van der Waals surface area (Å²) in [5.41, 5.74) is 5.16. The smallest absolute Gasteiger partial charge is 0.00204 e. The molecule has 1 spiro atoms. The number of hydrogen-bond donors (Lipinski definition) is 1. The zero-order valence-corrected chi connectivity index (χ0v) is 10.3. The predicted octanol–water partition coefficient (Wildman–Crippen LogP) is 3.16. The highest BCUT2D eigenvalue weighted by atomic mass is 15.0. The monoisotopic (exact) mass is 215 g/mol. The lowest BCUT2D eigenvalue weighted by Crippen LogP contribution is -2.51. The second-order valence-electron chi connectivity index (χ2n) is 5.90. The first-order chi connectivity index (χ1) is 7.69. The third-order valence-corrected chi connectivity index (χ3v) is 4.57. The number of aryl methyl sites for hydroxylation is 2. The molecular weight excluding hydrogens is 194 g/mol. The van der Waals surface area contributed by atoms with Crippen molar-refractivity contribution in [2.45, 2.75) is 39.0 Å². The van der Waals surface area contributed by atoms with Gasteiger partial charge in [-0.25, -0.2) is 0 Å². The lowest BCUT2D eigenvalue weighted by molar-refractivity contribution is 0.175.